The van der Waals surface area contributed by atoms with Crippen molar-refractivity contribution in [1.82, 2.24) is 9.55 Å². The number of imidazole rings is 1. The van der Waals surface area contributed by atoms with Gasteiger partial charge < -0.3 is 9.67 Å². The lowest BCUT2D eigenvalue weighted by atomic mass is 10.0. The predicted molar refractivity (Wildman–Crippen MR) is 156 cm³/mol. The number of rotatable bonds is 7. The molecule has 4 aromatic carbocycles. The normalized spacial score (nSPS) is 11.7. The molecule has 4 nitrogen and oxygen atoms in total. The molecule has 0 spiro atoms. The third-order valence-corrected chi connectivity index (χ3v) is 7.00. The van der Waals surface area contributed by atoms with E-state index >= 15 is 0 Å². The second-order valence-corrected chi connectivity index (χ2v) is 10.1. The van der Waals surface area contributed by atoms with E-state index < -0.39 is 17.7 Å². The van der Waals surface area contributed by atoms with Gasteiger partial charge in [0.1, 0.15) is 5.82 Å². The minimum Gasteiger partial charge on any atom is -0.478 e. The van der Waals surface area contributed by atoms with Crippen molar-refractivity contribution in [2.24, 2.45) is 0 Å². The number of aromatic nitrogens is 2. The lowest BCUT2D eigenvalue weighted by molar-refractivity contribution is -0.137. The first-order valence-electron chi connectivity index (χ1n) is 12.4. The molecule has 1 heterocycles. The quantitative estimate of drug-likeness (QED) is 0.205. The Bertz CT molecular complexity index is 1730. The van der Waals surface area contributed by atoms with Crippen molar-refractivity contribution in [2.45, 2.75) is 12.7 Å². The van der Waals surface area contributed by atoms with Crippen molar-refractivity contribution in [2.75, 3.05) is 0 Å². The van der Waals surface area contributed by atoms with Gasteiger partial charge in [-0.25, -0.2) is 9.78 Å². The van der Waals surface area contributed by atoms with Crippen LogP contribution in [0.3, 0.4) is 0 Å². The average molecular weight is 593 g/mol. The zero-order valence-corrected chi connectivity index (χ0v) is 22.8. The fourth-order valence-electron chi connectivity index (χ4n) is 4.28. The number of alkyl halides is 3. The number of aromatic carboxylic acids is 1. The molecule has 0 aliphatic rings. The zero-order valence-electron chi connectivity index (χ0n) is 21.2. The standard InChI is InChI=1S/C32H21Cl2F3N2O2/c33-26-14-15-27(28(34)17-26)29-19-39(18-21-3-8-24(9-4-21)31(40)41)30(38-29)16-5-20-1-6-22(7-2-20)23-10-12-25(13-11-23)32(35,36)37/h1-17,19H,18H2,(H,40,41). The van der Waals surface area contributed by atoms with Gasteiger partial charge in [0.2, 0.25) is 0 Å². The molecule has 41 heavy (non-hydrogen) atoms. The first-order valence-corrected chi connectivity index (χ1v) is 13.1. The summed E-state index contributed by atoms with van der Waals surface area (Å²) in [6.07, 6.45) is 1.23. The van der Waals surface area contributed by atoms with Crippen LogP contribution >= 0.6 is 23.2 Å². The lowest BCUT2D eigenvalue weighted by Crippen LogP contribution is -2.03. The number of nitrogens with zero attached hydrogens (tertiary/aromatic N) is 2. The Morgan fingerprint density at radius 1 is 0.854 bits per heavy atom. The van der Waals surface area contributed by atoms with E-state index in [1.54, 1.807) is 42.5 Å². The van der Waals surface area contributed by atoms with Crippen LogP contribution < -0.4 is 0 Å². The van der Waals surface area contributed by atoms with Gasteiger partial charge in [-0.1, -0.05) is 77.8 Å². The van der Waals surface area contributed by atoms with E-state index in [1.165, 1.54) is 12.1 Å². The molecule has 0 unspecified atom stereocenters. The maximum atomic E-state index is 12.9. The predicted octanol–water partition coefficient (Wildman–Crippen LogP) is 9.46. The summed E-state index contributed by atoms with van der Waals surface area (Å²) in [6.45, 7) is 0.435. The smallest absolute Gasteiger partial charge is 0.416 e. The van der Waals surface area contributed by atoms with Crippen molar-refractivity contribution >= 4 is 41.3 Å². The van der Waals surface area contributed by atoms with Crippen molar-refractivity contribution in [1.29, 1.82) is 0 Å². The van der Waals surface area contributed by atoms with Crippen LogP contribution in [-0.4, -0.2) is 20.6 Å². The van der Waals surface area contributed by atoms with Gasteiger partial charge in [0.15, 0.2) is 0 Å². The number of halogens is 5. The summed E-state index contributed by atoms with van der Waals surface area (Å²) < 4.78 is 40.6. The monoisotopic (exact) mass is 592 g/mol. The van der Waals surface area contributed by atoms with Gasteiger partial charge in [-0.15, -0.1) is 0 Å². The summed E-state index contributed by atoms with van der Waals surface area (Å²) in [4.78, 5) is 16.0. The van der Waals surface area contributed by atoms with E-state index in [0.29, 0.717) is 39.2 Å². The molecule has 1 N–H and O–H groups in total. The van der Waals surface area contributed by atoms with Crippen LogP contribution in [0.1, 0.15) is 32.9 Å². The first kappa shape index (κ1) is 28.2. The van der Waals surface area contributed by atoms with Gasteiger partial charge in [0.05, 0.1) is 21.8 Å². The van der Waals surface area contributed by atoms with Gasteiger partial charge in [-0.2, -0.15) is 13.2 Å². The molecule has 5 aromatic rings. The van der Waals surface area contributed by atoms with Gasteiger partial charge in [0, 0.05) is 23.3 Å². The fraction of sp³-hybridized carbons (Fsp3) is 0.0625. The minimum absolute atomic E-state index is 0.202. The second kappa shape index (κ2) is 11.6. The Balaban J connectivity index is 1.42. The van der Waals surface area contributed by atoms with E-state index in [1.807, 2.05) is 47.2 Å². The Morgan fingerprint density at radius 2 is 1.49 bits per heavy atom. The van der Waals surface area contributed by atoms with Crippen LogP contribution in [0.25, 0.3) is 34.5 Å². The molecular weight excluding hydrogens is 572 g/mol. The van der Waals surface area contributed by atoms with Crippen molar-refractivity contribution in [3.05, 3.63) is 135 Å². The van der Waals surface area contributed by atoms with E-state index in [4.69, 9.17) is 28.2 Å². The molecule has 9 heteroatoms. The van der Waals surface area contributed by atoms with Gasteiger partial charge in [-0.3, -0.25) is 0 Å². The molecule has 0 saturated heterocycles. The maximum absolute atomic E-state index is 12.9. The summed E-state index contributed by atoms with van der Waals surface area (Å²) in [7, 11) is 0. The first-order chi connectivity index (χ1) is 19.6. The molecule has 206 valence electrons. The Kier molecular flexibility index (Phi) is 8.01. The number of hydrogen-bond donors (Lipinski definition) is 1. The number of carboxylic acids is 1. The number of benzene rings is 4. The summed E-state index contributed by atoms with van der Waals surface area (Å²) in [5, 5.41) is 10.2. The number of hydrogen-bond acceptors (Lipinski definition) is 2. The highest BCUT2D eigenvalue weighted by atomic mass is 35.5. The number of carboxylic acid groups (broad SMARTS) is 1. The molecule has 0 radical (unpaired) electrons. The largest absolute Gasteiger partial charge is 0.478 e. The molecule has 0 bridgehead atoms. The average Bonchev–Trinajstić information content (AvgIpc) is 3.34. The minimum atomic E-state index is -4.38. The van der Waals surface area contributed by atoms with Crippen LogP contribution in [0.5, 0.6) is 0 Å². The Morgan fingerprint density at radius 3 is 2.07 bits per heavy atom. The topological polar surface area (TPSA) is 55.1 Å². The zero-order chi connectivity index (χ0) is 29.1. The van der Waals surface area contributed by atoms with Crippen LogP contribution in [0.15, 0.2) is 97.2 Å². The van der Waals surface area contributed by atoms with Crippen LogP contribution in [0.4, 0.5) is 13.2 Å². The highest BCUT2D eigenvalue weighted by Crippen LogP contribution is 2.32. The van der Waals surface area contributed by atoms with Gasteiger partial charge in [0.25, 0.3) is 0 Å². The molecule has 0 amide bonds. The molecule has 0 aliphatic carbocycles. The summed E-state index contributed by atoms with van der Waals surface area (Å²) in [5.41, 5.74) is 4.10. The SMILES string of the molecule is O=C(O)c1ccc(Cn2cc(-c3ccc(Cl)cc3Cl)nc2C=Cc2ccc(-c3ccc(C(F)(F)F)cc3)cc2)cc1. The van der Waals surface area contributed by atoms with E-state index in [9.17, 15) is 23.1 Å². The molecule has 0 aliphatic heterocycles. The molecule has 0 fully saturated rings. The van der Waals surface area contributed by atoms with E-state index in [-0.39, 0.29) is 5.56 Å². The van der Waals surface area contributed by atoms with Gasteiger partial charge >= 0.3 is 12.1 Å². The number of carbonyl (C=O) groups is 1. The Labute approximate surface area is 243 Å². The second-order valence-electron chi connectivity index (χ2n) is 9.27. The fourth-order valence-corrected chi connectivity index (χ4v) is 4.78. The molecule has 1 aromatic heterocycles. The highest BCUT2D eigenvalue weighted by Gasteiger charge is 2.29. The summed E-state index contributed by atoms with van der Waals surface area (Å²) in [5.74, 6) is -0.355. The van der Waals surface area contributed by atoms with Crippen molar-refractivity contribution in [3.63, 3.8) is 0 Å². The molecule has 0 atom stereocenters. The van der Waals surface area contributed by atoms with Crippen molar-refractivity contribution < 1.29 is 23.1 Å². The highest BCUT2D eigenvalue weighted by molar-refractivity contribution is 6.36. The Hall–Kier alpha value is -4.33. The van der Waals surface area contributed by atoms with Crippen molar-refractivity contribution in [3.8, 4) is 22.4 Å². The summed E-state index contributed by atoms with van der Waals surface area (Å²) in [6, 6.07) is 24.3. The van der Waals surface area contributed by atoms with E-state index in [2.05, 4.69) is 0 Å². The van der Waals surface area contributed by atoms with E-state index in [0.717, 1.165) is 28.8 Å². The molecular formula is C32H21Cl2F3N2O2. The van der Waals surface area contributed by atoms with Crippen LogP contribution in [0.2, 0.25) is 10.0 Å². The third-order valence-electron chi connectivity index (χ3n) is 6.45. The lowest BCUT2D eigenvalue weighted by Gasteiger charge is -2.08. The molecule has 5 rings (SSSR count). The summed E-state index contributed by atoms with van der Waals surface area (Å²) >= 11 is 12.5. The van der Waals surface area contributed by atoms with Gasteiger partial charge in [-0.05, 0) is 70.8 Å². The molecule has 0 saturated carbocycles. The van der Waals surface area contributed by atoms with Crippen LogP contribution in [0, 0.1) is 0 Å². The third kappa shape index (κ3) is 6.70. The maximum Gasteiger partial charge on any atom is 0.416 e. The van der Waals surface area contributed by atoms with Crippen LogP contribution in [-0.2, 0) is 12.7 Å².